The Kier molecular flexibility index (Phi) is 5.87. The zero-order valence-electron chi connectivity index (χ0n) is 16.3. The van der Waals surface area contributed by atoms with Crippen LogP contribution in [0.5, 0.6) is 0 Å². The third kappa shape index (κ3) is 4.40. The summed E-state index contributed by atoms with van der Waals surface area (Å²) in [5, 5.41) is 3.47. The number of rotatable bonds is 5. The summed E-state index contributed by atoms with van der Waals surface area (Å²) in [6.07, 6.45) is 0. The number of aryl methyl sites for hydroxylation is 2. The molecule has 0 unspecified atom stereocenters. The van der Waals surface area contributed by atoms with Crippen LogP contribution in [0, 0.1) is 13.8 Å². The zero-order chi connectivity index (χ0) is 21.0. The number of hydrogen-bond acceptors (Lipinski definition) is 6. The molecule has 29 heavy (non-hydrogen) atoms. The lowest BCUT2D eigenvalue weighted by molar-refractivity contribution is -0.119. The lowest BCUT2D eigenvalue weighted by atomic mass is 10.0. The van der Waals surface area contributed by atoms with Gasteiger partial charge in [-0.15, -0.1) is 0 Å². The van der Waals surface area contributed by atoms with Crippen LogP contribution in [0.4, 0.5) is 5.69 Å². The van der Waals surface area contributed by atoms with E-state index in [0.29, 0.717) is 22.5 Å². The number of nitrogens with zero attached hydrogens (tertiary/aromatic N) is 1. The van der Waals surface area contributed by atoms with Crippen molar-refractivity contribution in [1.29, 1.82) is 0 Å². The van der Waals surface area contributed by atoms with Gasteiger partial charge in [-0.1, -0.05) is 18.2 Å². The van der Waals surface area contributed by atoms with E-state index in [1.54, 1.807) is 19.1 Å². The van der Waals surface area contributed by atoms with E-state index >= 15 is 0 Å². The van der Waals surface area contributed by atoms with Crippen LogP contribution in [-0.2, 0) is 14.3 Å². The zero-order valence-corrected chi connectivity index (χ0v) is 16.3. The van der Waals surface area contributed by atoms with Crippen molar-refractivity contribution in [2.24, 2.45) is 0 Å². The molecule has 0 atom stereocenters. The number of nitrogens with one attached hydrogen (secondary N) is 1. The average molecular weight is 392 g/mol. The molecule has 0 aliphatic heterocycles. The first-order valence-electron chi connectivity index (χ1n) is 8.92. The van der Waals surface area contributed by atoms with Gasteiger partial charge in [0, 0.05) is 11.1 Å². The Morgan fingerprint density at radius 3 is 2.34 bits per heavy atom. The van der Waals surface area contributed by atoms with Gasteiger partial charge in [0.15, 0.2) is 6.61 Å². The Labute approximate surface area is 167 Å². The Morgan fingerprint density at radius 1 is 0.966 bits per heavy atom. The summed E-state index contributed by atoms with van der Waals surface area (Å²) >= 11 is 0. The lowest BCUT2D eigenvalue weighted by Crippen LogP contribution is -2.22. The minimum Gasteiger partial charge on any atom is -0.465 e. The van der Waals surface area contributed by atoms with E-state index in [-0.39, 0.29) is 0 Å². The van der Waals surface area contributed by atoms with Gasteiger partial charge in [-0.05, 0) is 49.7 Å². The predicted octanol–water partition coefficient (Wildman–Crippen LogP) is 3.43. The molecule has 1 amide bonds. The Hall–Kier alpha value is -3.74. The Morgan fingerprint density at radius 2 is 1.66 bits per heavy atom. The summed E-state index contributed by atoms with van der Waals surface area (Å²) in [4.78, 5) is 40.5. The van der Waals surface area contributed by atoms with Crippen LogP contribution in [0.3, 0.4) is 0 Å². The van der Waals surface area contributed by atoms with Crippen molar-refractivity contribution in [3.8, 4) is 0 Å². The quantitative estimate of drug-likeness (QED) is 0.669. The highest BCUT2D eigenvalue weighted by molar-refractivity contribution is 6.00. The standard InChI is InChI=1S/C22H20N2O5/c1-13-17-6-4-5-7-18(17)23-14(2)20(13)22(27)29-12-19(25)24-16-10-8-15(9-11-16)21(26)28-3/h4-11H,12H2,1-3H3,(H,24,25). The number of aromatic nitrogens is 1. The molecule has 2 aromatic carbocycles. The maximum Gasteiger partial charge on any atom is 0.340 e. The second-order valence-corrected chi connectivity index (χ2v) is 6.41. The van der Waals surface area contributed by atoms with Crippen LogP contribution in [0.1, 0.15) is 32.0 Å². The van der Waals surface area contributed by atoms with Crippen molar-refractivity contribution in [3.63, 3.8) is 0 Å². The molecule has 0 saturated heterocycles. The fourth-order valence-electron chi connectivity index (χ4n) is 3.04. The second kappa shape index (κ2) is 8.52. The number of ether oxygens (including phenoxy) is 2. The van der Waals surface area contributed by atoms with Crippen LogP contribution < -0.4 is 5.32 Å². The van der Waals surface area contributed by atoms with Gasteiger partial charge in [-0.3, -0.25) is 9.78 Å². The molecule has 7 nitrogen and oxygen atoms in total. The van der Waals surface area contributed by atoms with Crippen molar-refractivity contribution in [2.45, 2.75) is 13.8 Å². The molecule has 7 heteroatoms. The summed E-state index contributed by atoms with van der Waals surface area (Å²) < 4.78 is 9.81. The molecular weight excluding hydrogens is 372 g/mol. The smallest absolute Gasteiger partial charge is 0.340 e. The SMILES string of the molecule is COC(=O)c1ccc(NC(=O)COC(=O)c2c(C)nc3ccccc3c2C)cc1. The minimum absolute atomic E-state index is 0.360. The lowest BCUT2D eigenvalue weighted by Gasteiger charge is -2.12. The summed E-state index contributed by atoms with van der Waals surface area (Å²) in [5.74, 6) is -1.56. The molecule has 1 aromatic heterocycles. The number of anilines is 1. The first-order valence-corrected chi connectivity index (χ1v) is 8.92. The summed E-state index contributed by atoms with van der Waals surface area (Å²) in [6.45, 7) is 3.12. The average Bonchev–Trinajstić information content (AvgIpc) is 2.72. The van der Waals surface area contributed by atoms with Crippen LogP contribution in [0.15, 0.2) is 48.5 Å². The summed E-state index contributed by atoms with van der Waals surface area (Å²) in [6, 6.07) is 13.7. The monoisotopic (exact) mass is 392 g/mol. The summed E-state index contributed by atoms with van der Waals surface area (Å²) in [7, 11) is 1.29. The number of hydrogen-bond donors (Lipinski definition) is 1. The fraction of sp³-hybridized carbons (Fsp3) is 0.182. The largest absolute Gasteiger partial charge is 0.465 e. The molecular formula is C22H20N2O5. The van der Waals surface area contributed by atoms with Crippen LogP contribution in [0.2, 0.25) is 0 Å². The molecule has 148 valence electrons. The minimum atomic E-state index is -0.602. The second-order valence-electron chi connectivity index (χ2n) is 6.41. The van der Waals surface area contributed by atoms with E-state index in [4.69, 9.17) is 4.74 Å². The van der Waals surface area contributed by atoms with Crippen LogP contribution >= 0.6 is 0 Å². The number of pyridine rings is 1. The number of benzene rings is 2. The number of carbonyl (C=O) groups is 3. The molecule has 0 saturated carbocycles. The number of carbonyl (C=O) groups excluding carboxylic acids is 3. The number of esters is 2. The number of methoxy groups -OCH3 is 1. The molecule has 0 aliphatic rings. The van der Waals surface area contributed by atoms with E-state index in [1.165, 1.54) is 19.2 Å². The maximum absolute atomic E-state index is 12.5. The molecule has 0 fully saturated rings. The number of para-hydroxylation sites is 1. The highest BCUT2D eigenvalue weighted by Gasteiger charge is 2.19. The third-order valence-electron chi connectivity index (χ3n) is 4.46. The molecule has 0 radical (unpaired) electrons. The maximum atomic E-state index is 12.5. The summed E-state index contributed by atoms with van der Waals surface area (Å²) in [5.41, 5.74) is 3.30. The third-order valence-corrected chi connectivity index (χ3v) is 4.46. The Balaban J connectivity index is 1.65. The predicted molar refractivity (Wildman–Crippen MR) is 108 cm³/mol. The van der Waals surface area contributed by atoms with E-state index in [0.717, 1.165) is 16.5 Å². The van der Waals surface area contributed by atoms with E-state index in [1.807, 2.05) is 31.2 Å². The van der Waals surface area contributed by atoms with Gasteiger partial charge in [0.1, 0.15) is 0 Å². The van der Waals surface area contributed by atoms with Gasteiger partial charge < -0.3 is 14.8 Å². The van der Waals surface area contributed by atoms with E-state index in [9.17, 15) is 14.4 Å². The Bertz CT molecular complexity index is 1090. The van der Waals surface area contributed by atoms with Crippen molar-refractivity contribution in [1.82, 2.24) is 4.98 Å². The first-order chi connectivity index (χ1) is 13.9. The highest BCUT2D eigenvalue weighted by Crippen LogP contribution is 2.23. The van der Waals surface area contributed by atoms with Crippen LogP contribution in [-0.4, -0.2) is 36.5 Å². The van der Waals surface area contributed by atoms with Gasteiger partial charge in [-0.2, -0.15) is 0 Å². The molecule has 3 rings (SSSR count). The molecule has 1 heterocycles. The van der Waals surface area contributed by atoms with Gasteiger partial charge in [0.05, 0.1) is 29.4 Å². The van der Waals surface area contributed by atoms with Gasteiger partial charge >= 0.3 is 11.9 Å². The highest BCUT2D eigenvalue weighted by atomic mass is 16.5. The van der Waals surface area contributed by atoms with Crippen molar-refractivity contribution in [2.75, 3.05) is 19.0 Å². The topological polar surface area (TPSA) is 94.6 Å². The van der Waals surface area contributed by atoms with Crippen molar-refractivity contribution in [3.05, 3.63) is 70.9 Å². The first kappa shape index (κ1) is 20.0. The van der Waals surface area contributed by atoms with E-state index in [2.05, 4.69) is 15.0 Å². The van der Waals surface area contributed by atoms with Crippen molar-refractivity contribution < 1.29 is 23.9 Å². The molecule has 3 aromatic rings. The van der Waals surface area contributed by atoms with Crippen LogP contribution in [0.25, 0.3) is 10.9 Å². The normalized spacial score (nSPS) is 10.4. The fourth-order valence-corrected chi connectivity index (χ4v) is 3.04. The number of amides is 1. The van der Waals surface area contributed by atoms with Gasteiger partial charge in [-0.25, -0.2) is 9.59 Å². The molecule has 0 aliphatic carbocycles. The molecule has 0 bridgehead atoms. The molecule has 1 N–H and O–H groups in total. The molecule has 0 spiro atoms. The van der Waals surface area contributed by atoms with Gasteiger partial charge in [0.25, 0.3) is 5.91 Å². The van der Waals surface area contributed by atoms with E-state index < -0.39 is 24.5 Å². The van der Waals surface area contributed by atoms with Crippen molar-refractivity contribution >= 4 is 34.4 Å². The number of fused-ring (bicyclic) bond motifs is 1. The van der Waals surface area contributed by atoms with Gasteiger partial charge in [0.2, 0.25) is 0 Å².